The van der Waals surface area contributed by atoms with Gasteiger partial charge in [0.25, 0.3) is 5.91 Å². The van der Waals surface area contributed by atoms with E-state index >= 15 is 0 Å². The zero-order chi connectivity index (χ0) is 17.8. The van der Waals surface area contributed by atoms with E-state index in [0.29, 0.717) is 27.1 Å². The zero-order valence-electron chi connectivity index (χ0n) is 13.3. The molecule has 0 radical (unpaired) electrons. The van der Waals surface area contributed by atoms with Crippen molar-refractivity contribution in [2.45, 2.75) is 6.92 Å². The second-order valence-corrected chi connectivity index (χ2v) is 6.23. The number of carbonyl (C=O) groups is 1. The van der Waals surface area contributed by atoms with Crippen LogP contribution in [0.15, 0.2) is 64.1 Å². The Labute approximate surface area is 155 Å². The van der Waals surface area contributed by atoms with Crippen LogP contribution in [0.5, 0.6) is 0 Å². The van der Waals surface area contributed by atoms with Crippen molar-refractivity contribution in [3.63, 3.8) is 0 Å². The second-order valence-electron chi connectivity index (χ2n) is 5.39. The molecule has 0 unspecified atom stereocenters. The van der Waals surface area contributed by atoms with Crippen molar-refractivity contribution in [1.82, 2.24) is 5.43 Å². The summed E-state index contributed by atoms with van der Waals surface area (Å²) in [6.07, 6.45) is 1.43. The summed E-state index contributed by atoms with van der Waals surface area (Å²) in [5, 5.41) is 4.95. The Hall–Kier alpha value is -2.56. The molecule has 0 atom stereocenters. The highest BCUT2D eigenvalue weighted by Gasteiger charge is 2.09. The molecule has 25 heavy (non-hydrogen) atoms. The van der Waals surface area contributed by atoms with Gasteiger partial charge in [-0.15, -0.1) is 0 Å². The molecule has 1 amide bonds. The quantitative estimate of drug-likeness (QED) is 0.497. The molecule has 3 rings (SSSR count). The number of carbonyl (C=O) groups excluding carboxylic acids is 1. The lowest BCUT2D eigenvalue weighted by Crippen LogP contribution is -2.18. The van der Waals surface area contributed by atoms with Crippen molar-refractivity contribution in [3.8, 4) is 11.3 Å². The molecule has 1 aromatic heterocycles. The first-order valence-corrected chi connectivity index (χ1v) is 8.24. The highest BCUT2D eigenvalue weighted by molar-refractivity contribution is 6.33. The summed E-state index contributed by atoms with van der Waals surface area (Å²) >= 11 is 11.9. The third-order valence-corrected chi connectivity index (χ3v) is 4.05. The maximum absolute atomic E-state index is 12.1. The van der Waals surface area contributed by atoms with Crippen LogP contribution in [0.3, 0.4) is 0 Å². The fourth-order valence-corrected chi connectivity index (χ4v) is 2.66. The lowest BCUT2D eigenvalue weighted by molar-refractivity contribution is 0.0955. The van der Waals surface area contributed by atoms with Crippen LogP contribution < -0.4 is 5.43 Å². The van der Waals surface area contributed by atoms with Crippen LogP contribution in [0.2, 0.25) is 10.0 Å². The summed E-state index contributed by atoms with van der Waals surface area (Å²) in [5.74, 6) is 0.817. The first-order valence-electron chi connectivity index (χ1n) is 7.48. The second kappa shape index (κ2) is 7.55. The van der Waals surface area contributed by atoms with Gasteiger partial charge in [0.05, 0.1) is 16.8 Å². The molecule has 6 heteroatoms. The van der Waals surface area contributed by atoms with Crippen LogP contribution in [0.1, 0.15) is 21.7 Å². The van der Waals surface area contributed by atoms with Crippen molar-refractivity contribution in [2.24, 2.45) is 5.10 Å². The van der Waals surface area contributed by atoms with Crippen LogP contribution in [0.4, 0.5) is 0 Å². The predicted molar refractivity (Wildman–Crippen MR) is 100 cm³/mol. The lowest BCUT2D eigenvalue weighted by Gasteiger charge is -2.03. The Morgan fingerprint density at radius 1 is 1.08 bits per heavy atom. The Morgan fingerprint density at radius 3 is 2.56 bits per heavy atom. The third kappa shape index (κ3) is 4.29. The molecule has 2 aromatic carbocycles. The molecular weight excluding hydrogens is 359 g/mol. The number of aryl methyl sites for hydroxylation is 1. The number of benzene rings is 2. The van der Waals surface area contributed by atoms with E-state index in [1.807, 2.05) is 31.2 Å². The average Bonchev–Trinajstić information content (AvgIpc) is 3.04. The van der Waals surface area contributed by atoms with E-state index in [2.05, 4.69) is 10.5 Å². The maximum Gasteiger partial charge on any atom is 0.272 e. The minimum Gasteiger partial charge on any atom is -0.455 e. The van der Waals surface area contributed by atoms with E-state index in [-0.39, 0.29) is 5.91 Å². The molecule has 1 heterocycles. The maximum atomic E-state index is 12.1. The predicted octanol–water partition coefficient (Wildman–Crippen LogP) is 5.33. The number of rotatable bonds is 4. The van der Waals surface area contributed by atoms with Crippen molar-refractivity contribution < 1.29 is 9.21 Å². The summed E-state index contributed by atoms with van der Waals surface area (Å²) in [7, 11) is 0. The van der Waals surface area contributed by atoms with Gasteiger partial charge in [-0.25, -0.2) is 5.43 Å². The van der Waals surface area contributed by atoms with Gasteiger partial charge in [0.2, 0.25) is 0 Å². The van der Waals surface area contributed by atoms with Gasteiger partial charge in [-0.1, -0.05) is 29.3 Å². The number of hydrogen-bond donors (Lipinski definition) is 1. The number of hydrazone groups is 1. The smallest absolute Gasteiger partial charge is 0.272 e. The van der Waals surface area contributed by atoms with Gasteiger partial charge in [0.15, 0.2) is 0 Å². The monoisotopic (exact) mass is 372 g/mol. The van der Waals surface area contributed by atoms with Crippen molar-refractivity contribution in [3.05, 3.63) is 81.5 Å². The van der Waals surface area contributed by atoms with Gasteiger partial charge in [0, 0.05) is 10.6 Å². The van der Waals surface area contributed by atoms with Gasteiger partial charge >= 0.3 is 0 Å². The van der Waals surface area contributed by atoms with Crippen molar-refractivity contribution in [1.29, 1.82) is 0 Å². The van der Waals surface area contributed by atoms with Crippen LogP contribution in [-0.4, -0.2) is 12.1 Å². The number of hydrogen-bond acceptors (Lipinski definition) is 3. The Balaban J connectivity index is 1.66. The molecule has 0 aliphatic carbocycles. The molecule has 3 aromatic rings. The molecule has 0 aliphatic heterocycles. The fraction of sp³-hybridized carbons (Fsp3) is 0.0526. The molecule has 0 saturated carbocycles. The van der Waals surface area contributed by atoms with Crippen molar-refractivity contribution in [2.75, 3.05) is 0 Å². The molecular formula is C19H14Cl2N2O2. The van der Waals surface area contributed by atoms with Crippen molar-refractivity contribution >= 4 is 35.3 Å². The van der Waals surface area contributed by atoms with E-state index in [1.165, 1.54) is 6.21 Å². The summed E-state index contributed by atoms with van der Waals surface area (Å²) < 4.78 is 5.67. The molecule has 0 saturated heterocycles. The molecule has 0 spiro atoms. The average molecular weight is 373 g/mol. The normalized spacial score (nSPS) is 11.0. The fourth-order valence-electron chi connectivity index (χ4n) is 2.21. The van der Waals surface area contributed by atoms with Crippen LogP contribution in [0, 0.1) is 6.92 Å². The van der Waals surface area contributed by atoms with Gasteiger partial charge in [-0.3, -0.25) is 4.79 Å². The van der Waals surface area contributed by atoms with Gasteiger partial charge in [-0.05, 0) is 61.0 Å². The number of nitrogens with one attached hydrogen (secondary N) is 1. The molecule has 1 N–H and O–H groups in total. The minimum atomic E-state index is -0.384. The Bertz CT molecular complexity index is 931. The summed E-state index contributed by atoms with van der Waals surface area (Å²) in [6, 6.07) is 16.1. The number of amides is 1. The van der Waals surface area contributed by atoms with Gasteiger partial charge in [0.1, 0.15) is 11.5 Å². The van der Waals surface area contributed by atoms with E-state index in [0.717, 1.165) is 11.1 Å². The highest BCUT2D eigenvalue weighted by Crippen LogP contribution is 2.23. The van der Waals surface area contributed by atoms with Crippen LogP contribution in [0.25, 0.3) is 11.3 Å². The van der Waals surface area contributed by atoms with Gasteiger partial charge in [-0.2, -0.15) is 5.10 Å². The van der Waals surface area contributed by atoms with E-state index in [9.17, 15) is 4.79 Å². The third-order valence-electron chi connectivity index (χ3n) is 3.48. The first-order chi connectivity index (χ1) is 12.0. The first kappa shape index (κ1) is 17.3. The zero-order valence-corrected chi connectivity index (χ0v) is 14.8. The lowest BCUT2D eigenvalue weighted by atomic mass is 10.1. The van der Waals surface area contributed by atoms with Crippen LogP contribution in [-0.2, 0) is 0 Å². The molecule has 0 fully saturated rings. The van der Waals surface area contributed by atoms with Gasteiger partial charge < -0.3 is 4.42 Å². The Morgan fingerprint density at radius 2 is 1.84 bits per heavy atom. The molecule has 0 bridgehead atoms. The molecule has 0 aliphatic rings. The number of furan rings is 1. The summed E-state index contributed by atoms with van der Waals surface area (Å²) in [6.45, 7) is 1.90. The SMILES string of the molecule is Cc1ccc(C(=O)N/N=C/c2ccc(-c3ccc(Cl)cc3)o2)c(Cl)c1. The largest absolute Gasteiger partial charge is 0.455 e. The van der Waals surface area contributed by atoms with Crippen LogP contribution >= 0.6 is 23.2 Å². The van der Waals surface area contributed by atoms with E-state index in [4.69, 9.17) is 27.6 Å². The molecule has 126 valence electrons. The Kier molecular flexibility index (Phi) is 5.22. The summed E-state index contributed by atoms with van der Waals surface area (Å²) in [4.78, 5) is 12.1. The standard InChI is InChI=1S/C19H14Cl2N2O2/c1-12-2-8-16(17(21)10-12)19(24)23-22-11-15-7-9-18(25-15)13-3-5-14(20)6-4-13/h2-11H,1H3,(H,23,24)/b22-11+. The topological polar surface area (TPSA) is 54.6 Å². The van der Waals surface area contributed by atoms with E-state index in [1.54, 1.807) is 30.3 Å². The number of nitrogens with zero attached hydrogens (tertiary/aromatic N) is 1. The highest BCUT2D eigenvalue weighted by atomic mass is 35.5. The minimum absolute atomic E-state index is 0.366. The van der Waals surface area contributed by atoms with E-state index < -0.39 is 0 Å². The molecule has 4 nitrogen and oxygen atoms in total. The number of halogens is 2. The summed E-state index contributed by atoms with van der Waals surface area (Å²) in [5.41, 5.74) is 4.68.